The third-order valence-corrected chi connectivity index (χ3v) is 5.52. The number of nitrogens with zero attached hydrogens (tertiary/aromatic N) is 1. The number of nitrogens with one attached hydrogen (secondary N) is 1. The number of hydrogen-bond acceptors (Lipinski definition) is 3. The van der Waals surface area contributed by atoms with E-state index in [0.29, 0.717) is 25.8 Å². The maximum absolute atomic E-state index is 12.7. The van der Waals surface area contributed by atoms with E-state index < -0.39 is 17.4 Å². The Labute approximate surface area is 144 Å². The van der Waals surface area contributed by atoms with Crippen LogP contribution in [0.2, 0.25) is 0 Å². The van der Waals surface area contributed by atoms with Gasteiger partial charge in [0, 0.05) is 19.5 Å². The number of carboxylic acid groups (broad SMARTS) is 1. The summed E-state index contributed by atoms with van der Waals surface area (Å²) in [5.74, 6) is -1.58. The Morgan fingerprint density at radius 2 is 1.96 bits per heavy atom. The van der Waals surface area contributed by atoms with Gasteiger partial charge in [-0.05, 0) is 39.0 Å². The molecule has 0 bridgehead atoms. The van der Waals surface area contributed by atoms with Crippen LogP contribution >= 0.6 is 0 Å². The first-order valence-corrected chi connectivity index (χ1v) is 9.20. The minimum absolute atomic E-state index is 0.0975. The number of hydrogen-bond donors (Lipinski definition) is 2. The summed E-state index contributed by atoms with van der Waals surface area (Å²) in [5.41, 5.74) is -0.684. The van der Waals surface area contributed by atoms with Crippen molar-refractivity contribution in [3.05, 3.63) is 0 Å². The second-order valence-electron chi connectivity index (χ2n) is 7.47. The van der Waals surface area contributed by atoms with E-state index >= 15 is 0 Å². The number of likely N-dealkylation sites (tertiary alicyclic amines) is 1. The third kappa shape index (κ3) is 4.28. The van der Waals surface area contributed by atoms with Crippen molar-refractivity contribution in [2.24, 2.45) is 11.8 Å². The van der Waals surface area contributed by atoms with Gasteiger partial charge in [-0.2, -0.15) is 0 Å². The molecule has 0 aromatic rings. The van der Waals surface area contributed by atoms with E-state index in [0.717, 1.165) is 38.6 Å². The van der Waals surface area contributed by atoms with Gasteiger partial charge in [-0.1, -0.05) is 19.8 Å². The molecule has 1 heterocycles. The second kappa shape index (κ2) is 7.99. The van der Waals surface area contributed by atoms with Gasteiger partial charge in [0.2, 0.25) is 11.8 Å². The molecule has 3 unspecified atom stereocenters. The smallest absolute Gasteiger partial charge is 0.308 e. The molecule has 2 N–H and O–H groups in total. The van der Waals surface area contributed by atoms with E-state index in [4.69, 9.17) is 0 Å². The summed E-state index contributed by atoms with van der Waals surface area (Å²) in [6, 6.07) is 0. The minimum Gasteiger partial charge on any atom is -0.481 e. The maximum Gasteiger partial charge on any atom is 0.308 e. The average molecular weight is 338 g/mol. The molecule has 3 atom stereocenters. The highest BCUT2D eigenvalue weighted by molar-refractivity contribution is 5.83. The topological polar surface area (TPSA) is 86.7 Å². The number of rotatable bonds is 5. The molecule has 0 aromatic heterocycles. The van der Waals surface area contributed by atoms with E-state index in [1.807, 2.05) is 13.8 Å². The SMILES string of the molecule is CCCC(=O)N1CCCC(C(=O)NC2(C)CCCCC2C(=O)O)C1. The number of carbonyl (C=O) groups is 3. The quantitative estimate of drug-likeness (QED) is 0.804. The fourth-order valence-electron chi connectivity index (χ4n) is 4.05. The minimum atomic E-state index is -0.833. The van der Waals surface area contributed by atoms with Crippen molar-refractivity contribution in [1.29, 1.82) is 0 Å². The molecular weight excluding hydrogens is 308 g/mol. The van der Waals surface area contributed by atoms with Crippen molar-refractivity contribution in [2.45, 2.75) is 70.8 Å². The predicted octanol–water partition coefficient (Wildman–Crippen LogP) is 2.17. The molecule has 24 heavy (non-hydrogen) atoms. The molecule has 2 amide bonds. The molecule has 1 saturated carbocycles. The highest BCUT2D eigenvalue weighted by Gasteiger charge is 2.43. The lowest BCUT2D eigenvalue weighted by Crippen LogP contribution is -2.58. The lowest BCUT2D eigenvalue weighted by molar-refractivity contribution is -0.147. The van der Waals surface area contributed by atoms with E-state index in [1.165, 1.54) is 0 Å². The van der Waals surface area contributed by atoms with Gasteiger partial charge < -0.3 is 15.3 Å². The van der Waals surface area contributed by atoms with E-state index in [9.17, 15) is 19.5 Å². The Morgan fingerprint density at radius 1 is 1.21 bits per heavy atom. The molecule has 6 nitrogen and oxygen atoms in total. The molecule has 0 spiro atoms. The lowest BCUT2D eigenvalue weighted by atomic mass is 9.73. The van der Waals surface area contributed by atoms with Crippen LogP contribution in [0.4, 0.5) is 0 Å². The first kappa shape index (κ1) is 18.7. The zero-order chi connectivity index (χ0) is 17.7. The normalized spacial score (nSPS) is 30.7. The first-order valence-electron chi connectivity index (χ1n) is 9.20. The van der Waals surface area contributed by atoms with Crippen LogP contribution in [-0.4, -0.2) is 46.4 Å². The number of carbonyl (C=O) groups excluding carboxylic acids is 2. The summed E-state index contributed by atoms with van der Waals surface area (Å²) in [6.45, 7) is 5.00. The summed E-state index contributed by atoms with van der Waals surface area (Å²) >= 11 is 0. The van der Waals surface area contributed by atoms with Crippen molar-refractivity contribution in [3.8, 4) is 0 Å². The largest absolute Gasteiger partial charge is 0.481 e. The number of amides is 2. The van der Waals surface area contributed by atoms with Crippen molar-refractivity contribution in [2.75, 3.05) is 13.1 Å². The van der Waals surface area contributed by atoms with Gasteiger partial charge in [-0.3, -0.25) is 14.4 Å². The molecule has 2 rings (SSSR count). The summed E-state index contributed by atoms with van der Waals surface area (Å²) in [4.78, 5) is 38.1. The van der Waals surface area contributed by atoms with Crippen LogP contribution in [0.3, 0.4) is 0 Å². The Hall–Kier alpha value is -1.59. The lowest BCUT2D eigenvalue weighted by Gasteiger charge is -2.41. The molecule has 6 heteroatoms. The highest BCUT2D eigenvalue weighted by Crippen LogP contribution is 2.34. The van der Waals surface area contributed by atoms with Gasteiger partial charge in [-0.25, -0.2) is 0 Å². The Balaban J connectivity index is 2.00. The number of carboxylic acids is 1. The number of piperidine rings is 1. The monoisotopic (exact) mass is 338 g/mol. The van der Waals surface area contributed by atoms with Gasteiger partial charge in [0.25, 0.3) is 0 Å². The Kier molecular flexibility index (Phi) is 6.24. The van der Waals surface area contributed by atoms with Gasteiger partial charge in [0.1, 0.15) is 0 Å². The summed E-state index contributed by atoms with van der Waals surface area (Å²) < 4.78 is 0. The van der Waals surface area contributed by atoms with Crippen molar-refractivity contribution < 1.29 is 19.5 Å². The first-order chi connectivity index (χ1) is 11.4. The van der Waals surface area contributed by atoms with Crippen LogP contribution in [-0.2, 0) is 14.4 Å². The van der Waals surface area contributed by atoms with Crippen molar-refractivity contribution in [3.63, 3.8) is 0 Å². The summed E-state index contributed by atoms with van der Waals surface area (Å²) in [7, 11) is 0. The van der Waals surface area contributed by atoms with Gasteiger partial charge >= 0.3 is 5.97 Å². The molecule has 1 aliphatic heterocycles. The molecule has 2 fully saturated rings. The molecule has 2 aliphatic rings. The van der Waals surface area contributed by atoms with Gasteiger partial charge in [-0.15, -0.1) is 0 Å². The van der Waals surface area contributed by atoms with Crippen LogP contribution < -0.4 is 5.32 Å². The van der Waals surface area contributed by atoms with Gasteiger partial charge in [0.15, 0.2) is 0 Å². The van der Waals surface area contributed by atoms with Crippen LogP contribution in [0.5, 0.6) is 0 Å². The van der Waals surface area contributed by atoms with Crippen LogP contribution in [0, 0.1) is 11.8 Å². The Bertz CT molecular complexity index is 493. The van der Waals surface area contributed by atoms with Crippen molar-refractivity contribution in [1.82, 2.24) is 10.2 Å². The molecular formula is C18H30N2O4. The fraction of sp³-hybridized carbons (Fsp3) is 0.833. The van der Waals surface area contributed by atoms with Crippen LogP contribution in [0.15, 0.2) is 0 Å². The number of aliphatic carboxylic acids is 1. The molecule has 1 saturated heterocycles. The molecule has 0 radical (unpaired) electrons. The molecule has 136 valence electrons. The van der Waals surface area contributed by atoms with Crippen molar-refractivity contribution >= 4 is 17.8 Å². The molecule has 0 aromatic carbocycles. The second-order valence-corrected chi connectivity index (χ2v) is 7.47. The molecule has 1 aliphatic carbocycles. The zero-order valence-electron chi connectivity index (χ0n) is 14.8. The zero-order valence-corrected chi connectivity index (χ0v) is 14.8. The average Bonchev–Trinajstić information content (AvgIpc) is 2.55. The van der Waals surface area contributed by atoms with E-state index in [2.05, 4.69) is 5.32 Å². The Morgan fingerprint density at radius 3 is 2.62 bits per heavy atom. The highest BCUT2D eigenvalue weighted by atomic mass is 16.4. The predicted molar refractivity (Wildman–Crippen MR) is 90.4 cm³/mol. The standard InChI is InChI=1S/C18H30N2O4/c1-3-7-15(21)20-11-6-8-13(12-20)16(22)19-18(2)10-5-4-9-14(18)17(23)24/h13-14H,3-12H2,1-2H3,(H,19,22)(H,23,24). The van der Waals surface area contributed by atoms with Gasteiger partial charge in [0.05, 0.1) is 17.4 Å². The van der Waals surface area contributed by atoms with E-state index in [-0.39, 0.29) is 17.7 Å². The summed E-state index contributed by atoms with van der Waals surface area (Å²) in [5, 5.41) is 12.5. The third-order valence-electron chi connectivity index (χ3n) is 5.52. The summed E-state index contributed by atoms with van der Waals surface area (Å²) in [6.07, 6.45) is 6.05. The fourth-order valence-corrected chi connectivity index (χ4v) is 4.05. The maximum atomic E-state index is 12.7. The van der Waals surface area contributed by atoms with Crippen LogP contribution in [0.25, 0.3) is 0 Å². The van der Waals surface area contributed by atoms with Crippen LogP contribution in [0.1, 0.15) is 65.2 Å². The van der Waals surface area contributed by atoms with E-state index in [1.54, 1.807) is 4.90 Å².